The molecule has 0 N–H and O–H groups in total. The molecule has 3 aromatic rings. The van der Waals surface area contributed by atoms with Gasteiger partial charge in [-0.2, -0.15) is 5.10 Å². The van der Waals surface area contributed by atoms with Gasteiger partial charge in [-0.25, -0.2) is 4.52 Å². The Kier molecular flexibility index (Phi) is 1.78. The van der Waals surface area contributed by atoms with Crippen LogP contribution in [0.25, 0.3) is 16.6 Å². The predicted molar refractivity (Wildman–Crippen MR) is 60.6 cm³/mol. The lowest BCUT2D eigenvalue weighted by atomic mass is 10.1. The van der Waals surface area contributed by atoms with Crippen molar-refractivity contribution in [2.24, 2.45) is 0 Å². The minimum absolute atomic E-state index is 1.12. The summed E-state index contributed by atoms with van der Waals surface area (Å²) in [5, 5.41) is 4.17. The van der Waals surface area contributed by atoms with E-state index in [1.807, 2.05) is 29.0 Å². The van der Waals surface area contributed by atoms with Gasteiger partial charge in [0, 0.05) is 12.4 Å². The van der Waals surface area contributed by atoms with Crippen molar-refractivity contribution in [3.63, 3.8) is 0 Å². The second-order valence-corrected chi connectivity index (χ2v) is 3.48. The third-order valence-electron chi connectivity index (χ3n) is 2.51. The Morgan fingerprint density at radius 2 is 1.73 bits per heavy atom. The van der Waals surface area contributed by atoms with Gasteiger partial charge >= 0.3 is 0 Å². The van der Waals surface area contributed by atoms with Gasteiger partial charge < -0.3 is 0 Å². The van der Waals surface area contributed by atoms with E-state index < -0.39 is 0 Å². The smallest absolute Gasteiger partial charge is 0.0667 e. The van der Waals surface area contributed by atoms with Gasteiger partial charge in [-0.05, 0) is 29.3 Å². The molecule has 0 saturated heterocycles. The molecule has 0 spiro atoms. The van der Waals surface area contributed by atoms with Gasteiger partial charge in [0.15, 0.2) is 0 Å². The summed E-state index contributed by atoms with van der Waals surface area (Å²) >= 11 is 0. The normalized spacial score (nSPS) is 10.7. The SMILES string of the molecule is c1ccc(-c2ccn3nccc3c2)cc1. The summed E-state index contributed by atoms with van der Waals surface area (Å²) in [6.45, 7) is 0. The van der Waals surface area contributed by atoms with Crippen molar-refractivity contribution in [3.05, 3.63) is 60.9 Å². The number of benzene rings is 1. The van der Waals surface area contributed by atoms with E-state index in [9.17, 15) is 0 Å². The number of aromatic nitrogens is 2. The molecular weight excluding hydrogens is 184 g/mol. The van der Waals surface area contributed by atoms with Crippen LogP contribution in [0.1, 0.15) is 0 Å². The minimum atomic E-state index is 1.12. The molecule has 0 aliphatic rings. The van der Waals surface area contributed by atoms with Crippen LogP contribution in [-0.4, -0.2) is 9.61 Å². The van der Waals surface area contributed by atoms with Crippen molar-refractivity contribution in [3.8, 4) is 11.1 Å². The molecule has 0 aliphatic carbocycles. The van der Waals surface area contributed by atoms with Gasteiger partial charge in [-0.1, -0.05) is 30.3 Å². The van der Waals surface area contributed by atoms with Gasteiger partial charge in [-0.15, -0.1) is 0 Å². The molecule has 2 heterocycles. The first-order valence-corrected chi connectivity index (χ1v) is 4.92. The monoisotopic (exact) mass is 194 g/mol. The summed E-state index contributed by atoms with van der Waals surface area (Å²) in [4.78, 5) is 0. The number of hydrogen-bond acceptors (Lipinski definition) is 1. The molecule has 2 heteroatoms. The van der Waals surface area contributed by atoms with Crippen LogP contribution in [0.2, 0.25) is 0 Å². The second kappa shape index (κ2) is 3.24. The number of pyridine rings is 1. The first kappa shape index (κ1) is 8.24. The highest BCUT2D eigenvalue weighted by Crippen LogP contribution is 2.19. The van der Waals surface area contributed by atoms with Crippen LogP contribution in [0.4, 0.5) is 0 Å². The van der Waals surface area contributed by atoms with Crippen LogP contribution in [0.3, 0.4) is 0 Å². The Hall–Kier alpha value is -2.09. The van der Waals surface area contributed by atoms with Gasteiger partial charge in [-0.3, -0.25) is 0 Å². The lowest BCUT2D eigenvalue weighted by molar-refractivity contribution is 0.962. The molecule has 2 nitrogen and oxygen atoms in total. The van der Waals surface area contributed by atoms with Crippen molar-refractivity contribution >= 4 is 5.52 Å². The molecule has 3 rings (SSSR count). The summed E-state index contributed by atoms with van der Waals surface area (Å²) in [5.74, 6) is 0. The van der Waals surface area contributed by atoms with Crippen LogP contribution < -0.4 is 0 Å². The molecule has 0 fully saturated rings. The maximum Gasteiger partial charge on any atom is 0.0667 e. The molecule has 0 unspecified atom stereocenters. The van der Waals surface area contributed by atoms with Crippen LogP contribution in [-0.2, 0) is 0 Å². The summed E-state index contributed by atoms with van der Waals surface area (Å²) < 4.78 is 1.87. The van der Waals surface area contributed by atoms with E-state index in [4.69, 9.17) is 0 Å². The Bertz CT molecular complexity index is 582. The average molecular weight is 194 g/mol. The van der Waals surface area contributed by atoms with Crippen LogP contribution in [0.5, 0.6) is 0 Å². The molecule has 0 amide bonds. The van der Waals surface area contributed by atoms with Gasteiger partial charge in [0.25, 0.3) is 0 Å². The molecule has 15 heavy (non-hydrogen) atoms. The molecular formula is C13H10N2. The summed E-state index contributed by atoms with van der Waals surface area (Å²) in [5.41, 5.74) is 3.58. The van der Waals surface area contributed by atoms with E-state index in [-0.39, 0.29) is 0 Å². The standard InChI is InChI=1S/C13H10N2/c1-2-4-11(5-3-1)12-7-9-15-13(10-12)6-8-14-15/h1-10H. The van der Waals surface area contributed by atoms with Crippen molar-refractivity contribution in [1.82, 2.24) is 9.61 Å². The Labute approximate surface area is 87.8 Å². The van der Waals surface area contributed by atoms with E-state index in [1.54, 1.807) is 0 Å². The van der Waals surface area contributed by atoms with Crippen molar-refractivity contribution in [1.29, 1.82) is 0 Å². The first-order chi connectivity index (χ1) is 7.43. The van der Waals surface area contributed by atoms with E-state index in [2.05, 4.69) is 41.5 Å². The van der Waals surface area contributed by atoms with E-state index in [0.29, 0.717) is 0 Å². The number of fused-ring (bicyclic) bond motifs is 1. The molecule has 72 valence electrons. The average Bonchev–Trinajstić information content (AvgIpc) is 2.77. The van der Waals surface area contributed by atoms with Gasteiger partial charge in [0.1, 0.15) is 0 Å². The number of rotatable bonds is 1. The van der Waals surface area contributed by atoms with Crippen LogP contribution in [0, 0.1) is 0 Å². The molecule has 0 aliphatic heterocycles. The Morgan fingerprint density at radius 1 is 0.867 bits per heavy atom. The maximum atomic E-state index is 4.17. The molecule has 0 bridgehead atoms. The Balaban J connectivity index is 2.19. The lowest BCUT2D eigenvalue weighted by Gasteiger charge is -2.01. The molecule has 0 saturated carbocycles. The highest BCUT2D eigenvalue weighted by Gasteiger charge is 1.98. The maximum absolute atomic E-state index is 4.17. The van der Waals surface area contributed by atoms with Gasteiger partial charge in [0.2, 0.25) is 0 Å². The zero-order valence-corrected chi connectivity index (χ0v) is 8.17. The fraction of sp³-hybridized carbons (Fsp3) is 0. The van der Waals surface area contributed by atoms with Crippen molar-refractivity contribution < 1.29 is 0 Å². The molecule has 0 radical (unpaired) electrons. The fourth-order valence-corrected chi connectivity index (χ4v) is 1.73. The summed E-state index contributed by atoms with van der Waals surface area (Å²) in [6, 6.07) is 16.6. The van der Waals surface area contributed by atoms with Gasteiger partial charge in [0.05, 0.1) is 5.52 Å². The highest BCUT2D eigenvalue weighted by molar-refractivity contribution is 5.68. The quantitative estimate of drug-likeness (QED) is 0.582. The molecule has 2 aromatic heterocycles. The first-order valence-electron chi connectivity index (χ1n) is 4.92. The van der Waals surface area contributed by atoms with Crippen LogP contribution >= 0.6 is 0 Å². The fourth-order valence-electron chi connectivity index (χ4n) is 1.73. The largest absolute Gasteiger partial charge is 0.241 e. The Morgan fingerprint density at radius 3 is 2.60 bits per heavy atom. The number of hydrogen-bond donors (Lipinski definition) is 0. The molecule has 0 atom stereocenters. The van der Waals surface area contributed by atoms with E-state index in [0.717, 1.165) is 5.52 Å². The van der Waals surface area contributed by atoms with Crippen molar-refractivity contribution in [2.75, 3.05) is 0 Å². The summed E-state index contributed by atoms with van der Waals surface area (Å²) in [6.07, 6.45) is 3.79. The second-order valence-electron chi connectivity index (χ2n) is 3.48. The predicted octanol–water partition coefficient (Wildman–Crippen LogP) is 3.00. The third-order valence-corrected chi connectivity index (χ3v) is 2.51. The third kappa shape index (κ3) is 1.40. The molecule has 1 aromatic carbocycles. The summed E-state index contributed by atoms with van der Waals surface area (Å²) in [7, 11) is 0. The topological polar surface area (TPSA) is 17.3 Å². The van der Waals surface area contributed by atoms with E-state index >= 15 is 0 Å². The highest BCUT2D eigenvalue weighted by atomic mass is 15.2. The number of nitrogens with zero attached hydrogens (tertiary/aromatic N) is 2. The zero-order chi connectivity index (χ0) is 10.1. The lowest BCUT2D eigenvalue weighted by Crippen LogP contribution is -1.86. The van der Waals surface area contributed by atoms with Crippen LogP contribution in [0.15, 0.2) is 60.9 Å². The van der Waals surface area contributed by atoms with Crippen molar-refractivity contribution in [2.45, 2.75) is 0 Å². The minimum Gasteiger partial charge on any atom is -0.241 e. The zero-order valence-electron chi connectivity index (χ0n) is 8.17. The van der Waals surface area contributed by atoms with E-state index in [1.165, 1.54) is 11.1 Å².